The summed E-state index contributed by atoms with van der Waals surface area (Å²) in [6.45, 7) is 1.67. The van der Waals surface area contributed by atoms with Gasteiger partial charge in [-0.3, -0.25) is 0 Å². The minimum atomic E-state index is 0.485. The van der Waals surface area contributed by atoms with Crippen LogP contribution in [0.4, 0.5) is 5.69 Å². The Balaban J connectivity index is 1.74. The van der Waals surface area contributed by atoms with Gasteiger partial charge in [-0.05, 0) is 30.2 Å². The summed E-state index contributed by atoms with van der Waals surface area (Å²) >= 11 is 0. The van der Waals surface area contributed by atoms with Gasteiger partial charge in [-0.25, -0.2) is 0 Å². The highest BCUT2D eigenvalue weighted by molar-refractivity contribution is 5.61. The van der Waals surface area contributed by atoms with Crippen molar-refractivity contribution in [1.82, 2.24) is 20.6 Å². The molecule has 1 aromatic carbocycles. The fraction of sp³-hybridized carbons (Fsp3) is 0.417. The van der Waals surface area contributed by atoms with Crippen molar-refractivity contribution in [2.75, 3.05) is 18.5 Å². The van der Waals surface area contributed by atoms with Crippen molar-refractivity contribution in [3.63, 3.8) is 0 Å². The third-order valence-electron chi connectivity index (χ3n) is 3.06. The van der Waals surface area contributed by atoms with Gasteiger partial charge in [-0.2, -0.15) is 5.21 Å². The van der Waals surface area contributed by atoms with Crippen LogP contribution >= 0.6 is 0 Å². The fourth-order valence-corrected chi connectivity index (χ4v) is 2.11. The molecule has 2 N–H and O–H groups in total. The van der Waals surface area contributed by atoms with Crippen LogP contribution < -0.4 is 5.32 Å². The molecule has 1 aromatic heterocycles. The Morgan fingerprint density at radius 2 is 2.17 bits per heavy atom. The van der Waals surface area contributed by atoms with Crippen LogP contribution in [0.2, 0.25) is 0 Å². The zero-order valence-electron chi connectivity index (χ0n) is 9.97. The normalized spacial score (nSPS) is 16.7. The van der Waals surface area contributed by atoms with Gasteiger partial charge in [-0.1, -0.05) is 12.1 Å². The molecule has 0 amide bonds. The highest BCUT2D eigenvalue weighted by atomic mass is 16.5. The molecule has 6 nitrogen and oxygen atoms in total. The van der Waals surface area contributed by atoms with E-state index in [0.29, 0.717) is 11.9 Å². The minimum Gasteiger partial charge on any atom is -0.382 e. The van der Waals surface area contributed by atoms with E-state index < -0.39 is 0 Å². The van der Waals surface area contributed by atoms with E-state index >= 15 is 0 Å². The molecule has 1 saturated heterocycles. The summed E-state index contributed by atoms with van der Waals surface area (Å²) in [7, 11) is 0. The molecule has 0 bridgehead atoms. The molecule has 1 aliphatic rings. The summed E-state index contributed by atoms with van der Waals surface area (Å²) in [5, 5.41) is 17.5. The SMILES string of the molecule is c1cc(NC2CCOCC2)cc(-c2nn[nH]n2)c1. The molecule has 0 aliphatic carbocycles. The monoisotopic (exact) mass is 245 g/mol. The molecule has 0 spiro atoms. The standard InChI is InChI=1S/C12H15N5O/c1-2-9(12-14-16-17-15-12)8-11(3-1)13-10-4-6-18-7-5-10/h1-3,8,10,13H,4-7H2,(H,14,15,16,17). The summed E-state index contributed by atoms with van der Waals surface area (Å²) in [6, 6.07) is 8.55. The minimum absolute atomic E-state index is 0.485. The Labute approximate surface area is 105 Å². The third kappa shape index (κ3) is 2.48. The zero-order valence-corrected chi connectivity index (χ0v) is 9.97. The van der Waals surface area contributed by atoms with Gasteiger partial charge in [0.25, 0.3) is 0 Å². The molecule has 3 rings (SSSR count). The molecule has 2 aromatic rings. The van der Waals surface area contributed by atoms with Gasteiger partial charge in [0, 0.05) is 30.5 Å². The van der Waals surface area contributed by atoms with Crippen LogP contribution in [0.5, 0.6) is 0 Å². The highest BCUT2D eigenvalue weighted by Gasteiger charge is 2.13. The van der Waals surface area contributed by atoms with Crippen LogP contribution in [0.1, 0.15) is 12.8 Å². The van der Waals surface area contributed by atoms with Crippen molar-refractivity contribution in [2.24, 2.45) is 0 Å². The van der Waals surface area contributed by atoms with Gasteiger partial charge in [0.2, 0.25) is 5.82 Å². The molecule has 0 atom stereocenters. The van der Waals surface area contributed by atoms with Gasteiger partial charge < -0.3 is 10.1 Å². The predicted octanol–water partition coefficient (Wildman–Crippen LogP) is 1.46. The number of anilines is 1. The average Bonchev–Trinajstić information content (AvgIpc) is 2.94. The quantitative estimate of drug-likeness (QED) is 0.856. The first-order valence-electron chi connectivity index (χ1n) is 6.10. The molecular weight excluding hydrogens is 230 g/mol. The number of tetrazole rings is 1. The van der Waals surface area contributed by atoms with E-state index in [1.54, 1.807) is 0 Å². The van der Waals surface area contributed by atoms with Gasteiger partial charge >= 0.3 is 0 Å². The predicted molar refractivity (Wildman–Crippen MR) is 67.1 cm³/mol. The molecule has 0 saturated carbocycles. The first kappa shape index (κ1) is 11.2. The maximum absolute atomic E-state index is 5.35. The topological polar surface area (TPSA) is 75.7 Å². The van der Waals surface area contributed by atoms with Gasteiger partial charge in [0.15, 0.2) is 0 Å². The van der Waals surface area contributed by atoms with Crippen LogP contribution in [-0.2, 0) is 4.74 Å². The van der Waals surface area contributed by atoms with Crippen molar-refractivity contribution in [1.29, 1.82) is 0 Å². The molecule has 6 heteroatoms. The number of nitrogens with one attached hydrogen (secondary N) is 2. The molecule has 0 unspecified atom stereocenters. The second-order valence-electron chi connectivity index (χ2n) is 4.35. The number of aromatic amines is 1. The Kier molecular flexibility index (Phi) is 3.18. The van der Waals surface area contributed by atoms with Gasteiger partial charge in [0.1, 0.15) is 0 Å². The lowest BCUT2D eigenvalue weighted by Gasteiger charge is -2.24. The van der Waals surface area contributed by atoms with Crippen molar-refractivity contribution < 1.29 is 4.74 Å². The maximum atomic E-state index is 5.35. The van der Waals surface area contributed by atoms with Crippen LogP contribution in [0.3, 0.4) is 0 Å². The molecule has 0 radical (unpaired) electrons. The van der Waals surface area contributed by atoms with Gasteiger partial charge in [0.05, 0.1) is 0 Å². The molecule has 2 heterocycles. The summed E-state index contributed by atoms with van der Waals surface area (Å²) in [5.41, 5.74) is 2.05. The Morgan fingerprint density at radius 3 is 2.94 bits per heavy atom. The number of aromatic nitrogens is 4. The molecular formula is C12H15N5O. The number of H-pyrrole nitrogens is 1. The smallest absolute Gasteiger partial charge is 0.204 e. The summed E-state index contributed by atoms with van der Waals surface area (Å²) in [5.74, 6) is 0.616. The Morgan fingerprint density at radius 1 is 1.28 bits per heavy atom. The third-order valence-corrected chi connectivity index (χ3v) is 3.06. The lowest BCUT2D eigenvalue weighted by molar-refractivity contribution is 0.0904. The van der Waals surface area contributed by atoms with Crippen LogP contribution in [0.15, 0.2) is 24.3 Å². The first-order valence-corrected chi connectivity index (χ1v) is 6.10. The zero-order chi connectivity index (χ0) is 12.2. The molecule has 18 heavy (non-hydrogen) atoms. The van der Waals surface area contributed by atoms with E-state index in [-0.39, 0.29) is 0 Å². The van der Waals surface area contributed by atoms with Crippen molar-refractivity contribution in [2.45, 2.75) is 18.9 Å². The summed E-state index contributed by atoms with van der Waals surface area (Å²) in [4.78, 5) is 0. The van der Waals surface area contributed by atoms with E-state index in [9.17, 15) is 0 Å². The largest absolute Gasteiger partial charge is 0.382 e. The lowest BCUT2D eigenvalue weighted by atomic mass is 10.1. The Bertz CT molecular complexity index is 493. The average molecular weight is 245 g/mol. The van der Waals surface area contributed by atoms with E-state index in [1.165, 1.54) is 0 Å². The van der Waals surface area contributed by atoms with Crippen molar-refractivity contribution in [3.05, 3.63) is 24.3 Å². The molecule has 1 aliphatic heterocycles. The highest BCUT2D eigenvalue weighted by Crippen LogP contribution is 2.20. The second kappa shape index (κ2) is 5.14. The summed E-state index contributed by atoms with van der Waals surface area (Å²) in [6.07, 6.45) is 2.10. The molecule has 1 fully saturated rings. The summed E-state index contributed by atoms with van der Waals surface area (Å²) < 4.78 is 5.35. The molecule has 94 valence electrons. The second-order valence-corrected chi connectivity index (χ2v) is 4.35. The number of rotatable bonds is 3. The number of hydrogen-bond acceptors (Lipinski definition) is 5. The van der Waals surface area contributed by atoms with E-state index in [2.05, 4.69) is 32.0 Å². The fourth-order valence-electron chi connectivity index (χ4n) is 2.11. The first-order chi connectivity index (χ1) is 8.92. The lowest BCUT2D eigenvalue weighted by Crippen LogP contribution is -2.27. The van der Waals surface area contributed by atoms with Gasteiger partial charge in [-0.15, -0.1) is 10.2 Å². The number of benzene rings is 1. The number of nitrogens with zero attached hydrogens (tertiary/aromatic N) is 3. The Hall–Kier alpha value is -1.95. The number of hydrogen-bond donors (Lipinski definition) is 2. The number of ether oxygens (including phenoxy) is 1. The van der Waals surface area contributed by atoms with Crippen LogP contribution in [0, 0.1) is 0 Å². The van der Waals surface area contributed by atoms with Crippen LogP contribution in [0.25, 0.3) is 11.4 Å². The van der Waals surface area contributed by atoms with Crippen molar-refractivity contribution >= 4 is 5.69 Å². The van der Waals surface area contributed by atoms with E-state index in [1.807, 2.05) is 18.2 Å². The van der Waals surface area contributed by atoms with Crippen molar-refractivity contribution in [3.8, 4) is 11.4 Å². The maximum Gasteiger partial charge on any atom is 0.204 e. The van der Waals surface area contributed by atoms with E-state index in [4.69, 9.17) is 4.74 Å². The van der Waals surface area contributed by atoms with E-state index in [0.717, 1.165) is 37.3 Å². The van der Waals surface area contributed by atoms with Crippen LogP contribution in [-0.4, -0.2) is 39.9 Å².